The van der Waals surface area contributed by atoms with Crippen molar-refractivity contribution in [1.29, 1.82) is 0 Å². The number of halogens is 2. The topological polar surface area (TPSA) is 140 Å². The fraction of sp³-hybridized carbons (Fsp3) is 0.294. The molecule has 3 N–H and O–H groups in total. The van der Waals surface area contributed by atoms with E-state index in [2.05, 4.69) is 20.3 Å². The van der Waals surface area contributed by atoms with Crippen LogP contribution in [0.4, 0.5) is 14.5 Å². The highest BCUT2D eigenvalue weighted by molar-refractivity contribution is 7.89. The number of carbonyl (C=O) groups excluding carboxylic acids is 1. The first-order valence-corrected chi connectivity index (χ1v) is 9.84. The summed E-state index contributed by atoms with van der Waals surface area (Å²) in [5.41, 5.74) is 2.63. The maximum atomic E-state index is 14.7. The standard InChI is InChI=1S/C17H18F2N6O4S/c1-17(8-30(27,28)25(2)16(20)24-17)10-4-9(5-11(18)14(10)19)23-15(26)12-6-22-13(29-3)7-21-12/h4-7H,8H2,1-3H3,(H2,20,24)(H,23,26)/t17-/m0/s1/i2D3. The molecule has 1 aromatic carbocycles. The highest BCUT2D eigenvalue weighted by Gasteiger charge is 2.42. The van der Waals surface area contributed by atoms with Crippen LogP contribution in [0.15, 0.2) is 29.5 Å². The van der Waals surface area contributed by atoms with Gasteiger partial charge in [0.15, 0.2) is 11.6 Å². The van der Waals surface area contributed by atoms with E-state index < -0.39 is 57.4 Å². The number of methoxy groups -OCH3 is 1. The highest BCUT2D eigenvalue weighted by Crippen LogP contribution is 2.35. The van der Waals surface area contributed by atoms with Crippen molar-refractivity contribution in [3.8, 4) is 5.88 Å². The van der Waals surface area contributed by atoms with Gasteiger partial charge in [-0.15, -0.1) is 0 Å². The second-order valence-electron chi connectivity index (χ2n) is 6.48. The largest absolute Gasteiger partial charge is 0.480 e. The molecule has 2 aromatic rings. The van der Waals surface area contributed by atoms with E-state index >= 15 is 0 Å². The molecule has 0 bridgehead atoms. The Bertz CT molecular complexity index is 1240. The fourth-order valence-corrected chi connectivity index (χ4v) is 4.20. The summed E-state index contributed by atoms with van der Waals surface area (Å²) < 4.78 is 81.2. The van der Waals surface area contributed by atoms with Crippen LogP contribution in [0.25, 0.3) is 0 Å². The monoisotopic (exact) mass is 443 g/mol. The molecule has 0 saturated carbocycles. The summed E-state index contributed by atoms with van der Waals surface area (Å²) in [6.45, 7) is -2.01. The Hall–Kier alpha value is -3.35. The van der Waals surface area contributed by atoms with Gasteiger partial charge in [0, 0.05) is 28.4 Å². The number of hydrogen-bond donors (Lipinski definition) is 2. The molecule has 0 unspecified atom stereocenters. The summed E-state index contributed by atoms with van der Waals surface area (Å²) in [5, 5.41) is 2.31. The number of ether oxygens (including phenoxy) is 1. The number of anilines is 1. The Morgan fingerprint density at radius 1 is 1.37 bits per heavy atom. The van der Waals surface area contributed by atoms with Gasteiger partial charge in [-0.3, -0.25) is 4.79 Å². The Balaban J connectivity index is 2.02. The minimum atomic E-state index is -4.59. The van der Waals surface area contributed by atoms with Crippen molar-refractivity contribution in [2.45, 2.75) is 12.5 Å². The van der Waals surface area contributed by atoms with E-state index in [9.17, 15) is 22.0 Å². The number of hydrogen-bond acceptors (Lipinski definition) is 8. The lowest BCUT2D eigenvalue weighted by molar-refractivity contribution is 0.102. The van der Waals surface area contributed by atoms with Gasteiger partial charge in [-0.2, -0.15) is 0 Å². The number of rotatable bonds is 4. The third-order valence-electron chi connectivity index (χ3n) is 4.25. The van der Waals surface area contributed by atoms with Crippen molar-refractivity contribution in [3.63, 3.8) is 0 Å². The van der Waals surface area contributed by atoms with E-state index in [-0.39, 0.29) is 21.6 Å². The minimum Gasteiger partial charge on any atom is -0.480 e. The molecule has 160 valence electrons. The van der Waals surface area contributed by atoms with Gasteiger partial charge in [-0.1, -0.05) is 0 Å². The number of amides is 1. The number of benzene rings is 1. The normalized spacial score (nSPS) is 22.3. The molecule has 0 fully saturated rings. The molecule has 0 aliphatic carbocycles. The molecule has 0 radical (unpaired) electrons. The predicted octanol–water partition coefficient (Wildman–Crippen LogP) is 0.821. The number of carbonyl (C=O) groups is 1. The molecule has 0 saturated heterocycles. The van der Waals surface area contributed by atoms with Crippen LogP contribution in [0.5, 0.6) is 5.88 Å². The zero-order valence-corrected chi connectivity index (χ0v) is 16.5. The highest BCUT2D eigenvalue weighted by atomic mass is 32.2. The SMILES string of the molecule is [2H]C([2H])([2H])N1C(N)=N[C@](C)(c2cc(NC(=O)c3cnc(OC)cn3)cc(F)c2F)CS1(=O)=O. The molecular weight excluding hydrogens is 422 g/mol. The van der Waals surface area contributed by atoms with Gasteiger partial charge >= 0.3 is 0 Å². The first-order valence-electron chi connectivity index (χ1n) is 9.73. The zero-order chi connectivity index (χ0) is 24.8. The molecule has 1 aromatic heterocycles. The van der Waals surface area contributed by atoms with Gasteiger partial charge in [-0.25, -0.2) is 36.5 Å². The summed E-state index contributed by atoms with van der Waals surface area (Å²) >= 11 is 0. The van der Waals surface area contributed by atoms with Crippen LogP contribution in [0.1, 0.15) is 27.1 Å². The maximum absolute atomic E-state index is 14.7. The first kappa shape index (κ1) is 17.5. The molecule has 10 nitrogen and oxygen atoms in total. The molecule has 1 aliphatic rings. The van der Waals surface area contributed by atoms with Gasteiger partial charge in [0.05, 0.1) is 25.3 Å². The Labute approximate surface area is 175 Å². The van der Waals surface area contributed by atoms with Crippen molar-refractivity contribution in [3.05, 3.63) is 47.4 Å². The van der Waals surface area contributed by atoms with Crippen LogP contribution >= 0.6 is 0 Å². The Kier molecular flexibility index (Phi) is 4.36. The fourth-order valence-electron chi connectivity index (χ4n) is 2.82. The van der Waals surface area contributed by atoms with Crippen LogP contribution in [-0.4, -0.2) is 54.4 Å². The second kappa shape index (κ2) is 7.48. The van der Waals surface area contributed by atoms with E-state index in [1.807, 2.05) is 0 Å². The van der Waals surface area contributed by atoms with Crippen molar-refractivity contribution in [2.75, 3.05) is 25.2 Å². The van der Waals surface area contributed by atoms with E-state index in [4.69, 9.17) is 14.6 Å². The summed E-state index contributed by atoms with van der Waals surface area (Å²) in [5.74, 6) is -5.44. The van der Waals surface area contributed by atoms with Crippen molar-refractivity contribution in [2.24, 2.45) is 10.7 Å². The molecule has 30 heavy (non-hydrogen) atoms. The van der Waals surface area contributed by atoms with E-state index in [1.54, 1.807) is 0 Å². The van der Waals surface area contributed by atoms with Gasteiger partial charge in [0.1, 0.15) is 11.2 Å². The quantitative estimate of drug-likeness (QED) is 0.713. The molecule has 2 heterocycles. The number of sulfonamides is 1. The number of guanidine groups is 1. The second-order valence-corrected chi connectivity index (χ2v) is 8.30. The third-order valence-corrected chi connectivity index (χ3v) is 5.92. The lowest BCUT2D eigenvalue weighted by Gasteiger charge is -2.34. The molecule has 1 atom stereocenters. The Morgan fingerprint density at radius 2 is 2.10 bits per heavy atom. The van der Waals surface area contributed by atoms with Crippen molar-refractivity contribution >= 4 is 27.6 Å². The predicted molar refractivity (Wildman–Crippen MR) is 103 cm³/mol. The van der Waals surface area contributed by atoms with Crippen molar-refractivity contribution in [1.82, 2.24) is 14.3 Å². The van der Waals surface area contributed by atoms with Crippen LogP contribution in [0.2, 0.25) is 0 Å². The molecular formula is C17H18F2N6O4S. The van der Waals surface area contributed by atoms with E-state index in [1.165, 1.54) is 13.3 Å². The van der Waals surface area contributed by atoms with Gasteiger partial charge < -0.3 is 15.8 Å². The number of aromatic nitrogens is 2. The summed E-state index contributed by atoms with van der Waals surface area (Å²) in [7, 11) is -3.24. The lowest BCUT2D eigenvalue weighted by atomic mass is 9.93. The van der Waals surface area contributed by atoms with Crippen LogP contribution < -0.4 is 15.8 Å². The number of nitrogens with zero attached hydrogens (tertiary/aromatic N) is 4. The zero-order valence-electron chi connectivity index (χ0n) is 18.7. The van der Waals surface area contributed by atoms with Crippen LogP contribution in [-0.2, 0) is 15.6 Å². The third kappa shape index (κ3) is 3.87. The minimum absolute atomic E-state index is 0.0516. The average molecular weight is 443 g/mol. The van der Waals surface area contributed by atoms with Gasteiger partial charge in [-0.05, 0) is 13.0 Å². The number of aliphatic imine (C=N–C) groups is 1. The van der Waals surface area contributed by atoms with Gasteiger partial charge in [0.2, 0.25) is 21.9 Å². The van der Waals surface area contributed by atoms with E-state index in [0.29, 0.717) is 6.07 Å². The molecule has 13 heteroatoms. The van der Waals surface area contributed by atoms with Gasteiger partial charge in [0.25, 0.3) is 5.91 Å². The summed E-state index contributed by atoms with van der Waals surface area (Å²) in [6.07, 6.45) is 2.27. The lowest BCUT2D eigenvalue weighted by Crippen LogP contribution is -2.50. The summed E-state index contributed by atoms with van der Waals surface area (Å²) in [4.78, 5) is 23.9. The molecule has 1 aliphatic heterocycles. The number of nitrogens with one attached hydrogen (secondary N) is 1. The first-order chi connectivity index (χ1) is 15.2. The molecule has 0 spiro atoms. The maximum Gasteiger partial charge on any atom is 0.275 e. The molecule has 1 amide bonds. The van der Waals surface area contributed by atoms with Crippen LogP contribution in [0.3, 0.4) is 0 Å². The summed E-state index contributed by atoms with van der Waals surface area (Å²) in [6, 6.07) is 1.65. The smallest absolute Gasteiger partial charge is 0.275 e. The number of nitrogens with two attached hydrogens (primary N) is 1. The molecule has 3 rings (SSSR count). The van der Waals surface area contributed by atoms with Crippen LogP contribution in [0, 0.1) is 11.6 Å². The van der Waals surface area contributed by atoms with E-state index in [0.717, 1.165) is 19.2 Å². The average Bonchev–Trinajstić information content (AvgIpc) is 2.67. The Morgan fingerprint density at radius 3 is 2.67 bits per heavy atom. The van der Waals surface area contributed by atoms with Crippen molar-refractivity contribution < 1.29 is 30.8 Å².